The molecule has 0 bridgehead atoms. The predicted octanol–water partition coefficient (Wildman–Crippen LogP) is 1.80. The molecule has 0 aliphatic heterocycles. The maximum absolute atomic E-state index is 9.65. The van der Waals surface area contributed by atoms with Gasteiger partial charge in [0, 0.05) is 6.61 Å². The highest BCUT2D eigenvalue weighted by Gasteiger charge is 2.16. The average molecular weight is 217 g/mol. The fraction of sp³-hybridized carbons (Fsp3) is 1.00. The Bertz CT molecular complexity index is 143. The smallest absolute Gasteiger partial charge is 0.0778 e. The molecule has 0 aromatic rings. The van der Waals surface area contributed by atoms with Gasteiger partial charge in [-0.25, -0.2) is 0 Å². The van der Waals surface area contributed by atoms with Gasteiger partial charge < -0.3 is 15.2 Å². The van der Waals surface area contributed by atoms with E-state index in [0.29, 0.717) is 6.61 Å². The molecular formula is C12H27NO2. The molecule has 0 aliphatic rings. The van der Waals surface area contributed by atoms with Crippen LogP contribution in [0.3, 0.4) is 0 Å². The zero-order chi connectivity index (χ0) is 11.7. The van der Waals surface area contributed by atoms with Crippen LogP contribution in [0.2, 0.25) is 0 Å². The van der Waals surface area contributed by atoms with Crippen molar-refractivity contribution in [2.75, 3.05) is 26.3 Å². The molecule has 0 aliphatic carbocycles. The van der Waals surface area contributed by atoms with Crippen LogP contribution in [0.15, 0.2) is 0 Å². The van der Waals surface area contributed by atoms with Gasteiger partial charge in [-0.1, -0.05) is 27.7 Å². The standard InChI is InChI=1S/C12H27NO2/c1-5-13-7-6-8-15-10-11(14)9-12(2,3)4/h11,13-14H,5-10H2,1-4H3. The monoisotopic (exact) mass is 217 g/mol. The number of hydrogen-bond acceptors (Lipinski definition) is 3. The Kier molecular flexibility index (Phi) is 8.02. The normalized spacial score (nSPS) is 14.2. The van der Waals surface area contributed by atoms with Crippen LogP contribution in [-0.2, 0) is 4.74 Å². The highest BCUT2D eigenvalue weighted by Crippen LogP contribution is 2.20. The molecule has 3 heteroatoms. The van der Waals surface area contributed by atoms with Crippen molar-refractivity contribution in [3.05, 3.63) is 0 Å². The molecule has 0 amide bonds. The summed E-state index contributed by atoms with van der Waals surface area (Å²) in [7, 11) is 0. The summed E-state index contributed by atoms with van der Waals surface area (Å²) in [6, 6.07) is 0. The van der Waals surface area contributed by atoms with Gasteiger partial charge in [0.25, 0.3) is 0 Å². The first-order valence-corrected chi connectivity index (χ1v) is 5.92. The van der Waals surface area contributed by atoms with Gasteiger partial charge in [0.15, 0.2) is 0 Å². The second-order valence-electron chi connectivity index (χ2n) is 5.20. The lowest BCUT2D eigenvalue weighted by Crippen LogP contribution is -2.23. The van der Waals surface area contributed by atoms with Gasteiger partial charge in [-0.3, -0.25) is 0 Å². The Morgan fingerprint density at radius 2 is 2.00 bits per heavy atom. The van der Waals surface area contributed by atoms with Crippen LogP contribution in [0.5, 0.6) is 0 Å². The van der Waals surface area contributed by atoms with Gasteiger partial charge in [0.2, 0.25) is 0 Å². The molecule has 0 rings (SSSR count). The lowest BCUT2D eigenvalue weighted by atomic mass is 9.89. The Labute approximate surface area is 94.2 Å². The van der Waals surface area contributed by atoms with Crippen molar-refractivity contribution in [1.82, 2.24) is 5.32 Å². The van der Waals surface area contributed by atoms with E-state index in [1.807, 2.05) is 0 Å². The van der Waals surface area contributed by atoms with Crippen molar-refractivity contribution in [3.8, 4) is 0 Å². The van der Waals surface area contributed by atoms with Crippen LogP contribution in [0, 0.1) is 5.41 Å². The number of hydrogen-bond donors (Lipinski definition) is 2. The average Bonchev–Trinajstić information content (AvgIpc) is 2.08. The van der Waals surface area contributed by atoms with Crippen molar-refractivity contribution in [1.29, 1.82) is 0 Å². The van der Waals surface area contributed by atoms with Crippen LogP contribution in [0.25, 0.3) is 0 Å². The predicted molar refractivity (Wildman–Crippen MR) is 64.1 cm³/mol. The Balaban J connectivity index is 3.28. The number of aliphatic hydroxyl groups is 1. The molecule has 0 radical (unpaired) electrons. The molecule has 1 atom stereocenters. The molecule has 0 fully saturated rings. The van der Waals surface area contributed by atoms with Crippen molar-refractivity contribution in [3.63, 3.8) is 0 Å². The molecule has 15 heavy (non-hydrogen) atoms. The summed E-state index contributed by atoms with van der Waals surface area (Å²) in [4.78, 5) is 0. The van der Waals surface area contributed by atoms with Crippen LogP contribution < -0.4 is 5.32 Å². The van der Waals surface area contributed by atoms with E-state index in [1.54, 1.807) is 0 Å². The van der Waals surface area contributed by atoms with E-state index in [1.165, 1.54) is 0 Å². The molecule has 0 saturated heterocycles. The third-order valence-corrected chi connectivity index (χ3v) is 2.05. The Morgan fingerprint density at radius 3 is 2.53 bits per heavy atom. The lowest BCUT2D eigenvalue weighted by molar-refractivity contribution is 0.0156. The van der Waals surface area contributed by atoms with Crippen molar-refractivity contribution in [2.45, 2.75) is 46.6 Å². The van der Waals surface area contributed by atoms with E-state index in [4.69, 9.17) is 4.74 Å². The maximum Gasteiger partial charge on any atom is 0.0778 e. The fourth-order valence-electron chi connectivity index (χ4n) is 1.46. The number of nitrogens with one attached hydrogen (secondary N) is 1. The third kappa shape index (κ3) is 11.8. The van der Waals surface area contributed by atoms with E-state index < -0.39 is 0 Å². The number of ether oxygens (including phenoxy) is 1. The molecule has 0 saturated carbocycles. The summed E-state index contributed by atoms with van der Waals surface area (Å²) in [5.74, 6) is 0. The van der Waals surface area contributed by atoms with Crippen LogP contribution in [-0.4, -0.2) is 37.5 Å². The Morgan fingerprint density at radius 1 is 1.33 bits per heavy atom. The molecule has 2 N–H and O–H groups in total. The van der Waals surface area contributed by atoms with Gasteiger partial charge >= 0.3 is 0 Å². The quantitative estimate of drug-likeness (QED) is 0.609. The van der Waals surface area contributed by atoms with Crippen LogP contribution in [0.1, 0.15) is 40.5 Å². The SMILES string of the molecule is CCNCCCOCC(O)CC(C)(C)C. The second-order valence-corrected chi connectivity index (χ2v) is 5.20. The molecule has 0 aromatic carbocycles. The van der Waals surface area contributed by atoms with Gasteiger partial charge in [0.05, 0.1) is 12.7 Å². The molecule has 0 heterocycles. The molecular weight excluding hydrogens is 190 g/mol. The van der Waals surface area contributed by atoms with E-state index >= 15 is 0 Å². The zero-order valence-electron chi connectivity index (χ0n) is 10.7. The minimum absolute atomic E-state index is 0.173. The fourth-order valence-corrected chi connectivity index (χ4v) is 1.46. The molecule has 0 spiro atoms. The number of rotatable bonds is 8. The first kappa shape index (κ1) is 14.9. The maximum atomic E-state index is 9.65. The van der Waals surface area contributed by atoms with Gasteiger partial charge in [-0.2, -0.15) is 0 Å². The largest absolute Gasteiger partial charge is 0.391 e. The lowest BCUT2D eigenvalue weighted by Gasteiger charge is -2.22. The van der Waals surface area contributed by atoms with Crippen LogP contribution >= 0.6 is 0 Å². The van der Waals surface area contributed by atoms with Gasteiger partial charge in [0.1, 0.15) is 0 Å². The number of aliphatic hydroxyl groups excluding tert-OH is 1. The van der Waals surface area contributed by atoms with Crippen molar-refractivity contribution >= 4 is 0 Å². The van der Waals surface area contributed by atoms with E-state index in [9.17, 15) is 5.11 Å². The van der Waals surface area contributed by atoms with E-state index in [2.05, 4.69) is 33.0 Å². The topological polar surface area (TPSA) is 41.5 Å². The minimum atomic E-state index is -0.330. The Hall–Kier alpha value is -0.120. The summed E-state index contributed by atoms with van der Waals surface area (Å²) in [5.41, 5.74) is 0.173. The van der Waals surface area contributed by atoms with Gasteiger partial charge in [-0.05, 0) is 31.3 Å². The van der Waals surface area contributed by atoms with Crippen molar-refractivity contribution < 1.29 is 9.84 Å². The van der Waals surface area contributed by atoms with Gasteiger partial charge in [-0.15, -0.1) is 0 Å². The second kappa shape index (κ2) is 8.08. The first-order chi connectivity index (χ1) is 6.95. The minimum Gasteiger partial charge on any atom is -0.391 e. The van der Waals surface area contributed by atoms with E-state index in [-0.39, 0.29) is 11.5 Å². The summed E-state index contributed by atoms with van der Waals surface area (Å²) in [6.45, 7) is 11.7. The first-order valence-electron chi connectivity index (χ1n) is 5.92. The highest BCUT2D eigenvalue weighted by atomic mass is 16.5. The summed E-state index contributed by atoms with van der Waals surface area (Å²) in [5, 5.41) is 12.9. The summed E-state index contributed by atoms with van der Waals surface area (Å²) in [6.07, 6.45) is 1.47. The molecule has 3 nitrogen and oxygen atoms in total. The third-order valence-electron chi connectivity index (χ3n) is 2.05. The van der Waals surface area contributed by atoms with Crippen molar-refractivity contribution in [2.24, 2.45) is 5.41 Å². The zero-order valence-corrected chi connectivity index (χ0v) is 10.7. The molecule has 92 valence electrons. The summed E-state index contributed by atoms with van der Waals surface area (Å²) >= 11 is 0. The highest BCUT2D eigenvalue weighted by molar-refractivity contribution is 4.67. The molecule has 0 aromatic heterocycles. The molecule has 1 unspecified atom stereocenters. The summed E-state index contributed by atoms with van der Waals surface area (Å²) < 4.78 is 5.40. The van der Waals surface area contributed by atoms with E-state index in [0.717, 1.165) is 32.5 Å². The van der Waals surface area contributed by atoms with Crippen LogP contribution in [0.4, 0.5) is 0 Å².